The Labute approximate surface area is 94.7 Å². The molecule has 2 rings (SSSR count). The van der Waals surface area contributed by atoms with Crippen LogP contribution in [0, 0.1) is 0 Å². The first-order valence-electron chi connectivity index (χ1n) is 5.62. The molecular formula is C13H16O3. The predicted molar refractivity (Wildman–Crippen MR) is 60.5 cm³/mol. The van der Waals surface area contributed by atoms with Crippen LogP contribution >= 0.6 is 0 Å². The summed E-state index contributed by atoms with van der Waals surface area (Å²) in [6.45, 7) is 1.75. The molecule has 1 aliphatic carbocycles. The Bertz CT molecular complexity index is 412. The second-order valence-electron chi connectivity index (χ2n) is 4.45. The lowest BCUT2D eigenvalue weighted by molar-refractivity contribution is -0.147. The summed E-state index contributed by atoms with van der Waals surface area (Å²) in [5, 5.41) is 18.3. The van der Waals surface area contributed by atoms with E-state index in [1.807, 2.05) is 12.1 Å². The van der Waals surface area contributed by atoms with Crippen molar-refractivity contribution in [3.05, 3.63) is 34.9 Å². The van der Waals surface area contributed by atoms with Gasteiger partial charge >= 0.3 is 5.97 Å². The highest BCUT2D eigenvalue weighted by molar-refractivity contribution is 5.73. The van der Waals surface area contributed by atoms with Crippen LogP contribution < -0.4 is 0 Å². The van der Waals surface area contributed by atoms with Crippen molar-refractivity contribution >= 4 is 5.97 Å². The number of hydrogen-bond donors (Lipinski definition) is 2. The number of fused-ring (bicyclic) bond motifs is 1. The monoisotopic (exact) mass is 220 g/mol. The Kier molecular flexibility index (Phi) is 2.97. The summed E-state index contributed by atoms with van der Waals surface area (Å²) in [6, 6.07) is 6.03. The average Bonchev–Trinajstić information content (AvgIpc) is 2.73. The smallest absolute Gasteiger partial charge is 0.333 e. The summed E-state index contributed by atoms with van der Waals surface area (Å²) in [5.41, 5.74) is 3.58. The van der Waals surface area contributed by atoms with Gasteiger partial charge in [-0.1, -0.05) is 25.1 Å². The van der Waals surface area contributed by atoms with Crippen molar-refractivity contribution in [2.45, 2.75) is 38.2 Å². The highest BCUT2D eigenvalue weighted by Crippen LogP contribution is 2.27. The molecule has 1 aliphatic rings. The minimum absolute atomic E-state index is 0.358. The fourth-order valence-electron chi connectivity index (χ4n) is 2.27. The molecule has 1 aromatic carbocycles. The Hall–Kier alpha value is -1.35. The van der Waals surface area contributed by atoms with Crippen LogP contribution in [0.15, 0.2) is 18.2 Å². The van der Waals surface area contributed by atoms with E-state index in [2.05, 4.69) is 6.07 Å². The second kappa shape index (κ2) is 4.26. The standard InChI is InChI=1S/C13H16O3/c1-8(12(14)13(15)16)10-6-5-9-3-2-4-11(9)7-10/h5-8,12,14H,2-4H2,1H3,(H,15,16). The molecule has 16 heavy (non-hydrogen) atoms. The van der Waals surface area contributed by atoms with Gasteiger partial charge in [0, 0.05) is 5.92 Å². The van der Waals surface area contributed by atoms with Crippen molar-refractivity contribution in [3.8, 4) is 0 Å². The number of hydrogen-bond acceptors (Lipinski definition) is 2. The maximum absolute atomic E-state index is 10.7. The van der Waals surface area contributed by atoms with Crippen molar-refractivity contribution in [2.75, 3.05) is 0 Å². The Balaban J connectivity index is 2.24. The highest BCUT2D eigenvalue weighted by Gasteiger charge is 2.24. The number of aryl methyl sites for hydroxylation is 2. The maximum atomic E-state index is 10.7. The minimum Gasteiger partial charge on any atom is -0.479 e. The van der Waals surface area contributed by atoms with Crippen LogP contribution in [0.3, 0.4) is 0 Å². The van der Waals surface area contributed by atoms with Gasteiger partial charge in [0.25, 0.3) is 0 Å². The van der Waals surface area contributed by atoms with Crippen LogP contribution in [-0.2, 0) is 17.6 Å². The molecular weight excluding hydrogens is 204 g/mol. The zero-order valence-corrected chi connectivity index (χ0v) is 9.31. The fourth-order valence-corrected chi connectivity index (χ4v) is 2.27. The molecule has 0 aromatic heterocycles. The quantitative estimate of drug-likeness (QED) is 0.815. The van der Waals surface area contributed by atoms with Crippen LogP contribution in [0.4, 0.5) is 0 Å². The lowest BCUT2D eigenvalue weighted by Crippen LogP contribution is -2.25. The van der Waals surface area contributed by atoms with Crippen molar-refractivity contribution in [3.63, 3.8) is 0 Å². The van der Waals surface area contributed by atoms with Crippen LogP contribution in [0.25, 0.3) is 0 Å². The Morgan fingerprint density at radius 3 is 2.69 bits per heavy atom. The van der Waals surface area contributed by atoms with Crippen molar-refractivity contribution in [1.82, 2.24) is 0 Å². The van der Waals surface area contributed by atoms with E-state index >= 15 is 0 Å². The molecule has 0 heterocycles. The average molecular weight is 220 g/mol. The molecule has 1 aromatic rings. The van der Waals surface area contributed by atoms with Crippen LogP contribution in [-0.4, -0.2) is 22.3 Å². The number of aliphatic carboxylic acids is 1. The summed E-state index contributed by atoms with van der Waals surface area (Å²) < 4.78 is 0. The van der Waals surface area contributed by atoms with Gasteiger partial charge in [-0.25, -0.2) is 4.79 Å². The van der Waals surface area contributed by atoms with E-state index in [-0.39, 0.29) is 5.92 Å². The molecule has 0 fully saturated rings. The van der Waals surface area contributed by atoms with Crippen molar-refractivity contribution in [1.29, 1.82) is 0 Å². The molecule has 2 atom stereocenters. The van der Waals surface area contributed by atoms with Gasteiger partial charge in [0.05, 0.1) is 0 Å². The summed E-state index contributed by atoms with van der Waals surface area (Å²) in [6.07, 6.45) is 2.04. The van der Waals surface area contributed by atoms with E-state index in [1.165, 1.54) is 17.5 Å². The Morgan fingerprint density at radius 1 is 1.31 bits per heavy atom. The zero-order chi connectivity index (χ0) is 11.7. The largest absolute Gasteiger partial charge is 0.479 e. The van der Waals surface area contributed by atoms with Gasteiger partial charge in [-0.3, -0.25) is 0 Å². The summed E-state index contributed by atoms with van der Waals surface area (Å²) in [5.74, 6) is -1.52. The highest BCUT2D eigenvalue weighted by atomic mass is 16.4. The molecule has 86 valence electrons. The van der Waals surface area contributed by atoms with E-state index in [1.54, 1.807) is 6.92 Å². The topological polar surface area (TPSA) is 57.5 Å². The molecule has 0 aliphatic heterocycles. The molecule has 0 amide bonds. The second-order valence-corrected chi connectivity index (χ2v) is 4.45. The van der Waals surface area contributed by atoms with E-state index in [9.17, 15) is 9.90 Å². The first-order chi connectivity index (χ1) is 7.59. The third kappa shape index (κ3) is 1.95. The number of aliphatic hydroxyl groups excluding tert-OH is 1. The van der Waals surface area contributed by atoms with E-state index in [0.717, 1.165) is 18.4 Å². The summed E-state index contributed by atoms with van der Waals surface area (Å²) in [7, 11) is 0. The van der Waals surface area contributed by atoms with Crippen molar-refractivity contribution in [2.24, 2.45) is 0 Å². The van der Waals surface area contributed by atoms with Crippen LogP contribution in [0.1, 0.15) is 36.0 Å². The number of carboxylic acid groups (broad SMARTS) is 1. The summed E-state index contributed by atoms with van der Waals surface area (Å²) >= 11 is 0. The van der Waals surface area contributed by atoms with E-state index in [0.29, 0.717) is 0 Å². The maximum Gasteiger partial charge on any atom is 0.333 e. The Morgan fingerprint density at radius 2 is 2.00 bits per heavy atom. The lowest BCUT2D eigenvalue weighted by atomic mass is 9.93. The number of benzene rings is 1. The molecule has 0 spiro atoms. The molecule has 3 heteroatoms. The molecule has 0 bridgehead atoms. The predicted octanol–water partition coefficient (Wildman–Crippen LogP) is 1.72. The van der Waals surface area contributed by atoms with E-state index < -0.39 is 12.1 Å². The van der Waals surface area contributed by atoms with Gasteiger partial charge in [0.15, 0.2) is 6.10 Å². The number of carboxylic acids is 1. The van der Waals surface area contributed by atoms with Crippen LogP contribution in [0.5, 0.6) is 0 Å². The number of aliphatic hydroxyl groups is 1. The third-order valence-corrected chi connectivity index (χ3v) is 3.37. The first kappa shape index (κ1) is 11.1. The molecule has 0 saturated heterocycles. The lowest BCUT2D eigenvalue weighted by Gasteiger charge is -2.16. The minimum atomic E-state index is -1.32. The van der Waals surface area contributed by atoms with Gasteiger partial charge < -0.3 is 10.2 Å². The molecule has 2 unspecified atom stereocenters. The van der Waals surface area contributed by atoms with Gasteiger partial charge in [0.2, 0.25) is 0 Å². The van der Waals surface area contributed by atoms with Gasteiger partial charge in [-0.15, -0.1) is 0 Å². The van der Waals surface area contributed by atoms with Gasteiger partial charge in [-0.05, 0) is 36.0 Å². The summed E-state index contributed by atoms with van der Waals surface area (Å²) in [4.78, 5) is 10.7. The molecule has 0 radical (unpaired) electrons. The normalized spacial score (nSPS) is 17.9. The first-order valence-corrected chi connectivity index (χ1v) is 5.62. The SMILES string of the molecule is CC(c1ccc2c(c1)CCC2)C(O)C(=O)O. The number of rotatable bonds is 3. The third-order valence-electron chi connectivity index (χ3n) is 3.37. The van der Waals surface area contributed by atoms with Gasteiger partial charge in [-0.2, -0.15) is 0 Å². The molecule has 2 N–H and O–H groups in total. The zero-order valence-electron chi connectivity index (χ0n) is 9.31. The van der Waals surface area contributed by atoms with E-state index in [4.69, 9.17) is 5.11 Å². The van der Waals surface area contributed by atoms with Gasteiger partial charge in [0.1, 0.15) is 0 Å². The molecule has 3 nitrogen and oxygen atoms in total. The van der Waals surface area contributed by atoms with Crippen molar-refractivity contribution < 1.29 is 15.0 Å². The molecule has 0 saturated carbocycles. The fraction of sp³-hybridized carbons (Fsp3) is 0.462. The number of carbonyl (C=O) groups is 1. The van der Waals surface area contributed by atoms with Crippen LogP contribution in [0.2, 0.25) is 0 Å².